The van der Waals surface area contributed by atoms with Crippen LogP contribution in [-0.2, 0) is 22.2 Å². The van der Waals surface area contributed by atoms with Gasteiger partial charge in [-0.05, 0) is 75.0 Å². The summed E-state index contributed by atoms with van der Waals surface area (Å²) < 4.78 is 12.7. The molecule has 3 heteroatoms. The Kier molecular flexibility index (Phi) is 4.05. The molecule has 4 rings (SSSR count). The third kappa shape index (κ3) is 2.94. The first-order valence-electron chi connectivity index (χ1n) is 9.39. The van der Waals surface area contributed by atoms with Crippen LogP contribution in [-0.4, -0.2) is 18.3 Å². The van der Waals surface area contributed by atoms with Crippen LogP contribution in [0.4, 0.5) is 0 Å². The zero-order chi connectivity index (χ0) is 17.7. The Hall–Kier alpha value is -1.58. The van der Waals surface area contributed by atoms with Crippen molar-refractivity contribution >= 4 is 12.6 Å². The number of hydrogen-bond acceptors (Lipinski definition) is 2. The van der Waals surface area contributed by atoms with E-state index in [1.54, 1.807) is 0 Å². The SMILES string of the molecule is CC1(C)OB(c2cccc3c2C(Cc2ccccc2)CC3)OC1(C)C. The maximum absolute atomic E-state index is 6.35. The Balaban J connectivity index is 1.67. The first-order valence-corrected chi connectivity index (χ1v) is 9.39. The Morgan fingerprint density at radius 1 is 0.920 bits per heavy atom. The van der Waals surface area contributed by atoms with Crippen LogP contribution in [0.15, 0.2) is 48.5 Å². The molecule has 0 amide bonds. The molecule has 0 radical (unpaired) electrons. The van der Waals surface area contributed by atoms with Crippen LogP contribution in [0.1, 0.15) is 56.7 Å². The molecular formula is C22H27BO2. The highest BCUT2D eigenvalue weighted by molar-refractivity contribution is 6.62. The van der Waals surface area contributed by atoms with Gasteiger partial charge >= 0.3 is 7.12 Å². The Bertz CT molecular complexity index is 751. The Labute approximate surface area is 151 Å². The van der Waals surface area contributed by atoms with Crippen LogP contribution < -0.4 is 5.46 Å². The van der Waals surface area contributed by atoms with Gasteiger partial charge in [-0.2, -0.15) is 0 Å². The van der Waals surface area contributed by atoms with E-state index in [1.165, 1.54) is 28.6 Å². The van der Waals surface area contributed by atoms with E-state index in [0.29, 0.717) is 5.92 Å². The number of rotatable bonds is 3. The van der Waals surface area contributed by atoms with Gasteiger partial charge in [-0.3, -0.25) is 0 Å². The lowest BCUT2D eigenvalue weighted by molar-refractivity contribution is 0.00578. The molecule has 2 aromatic rings. The van der Waals surface area contributed by atoms with Crippen molar-refractivity contribution in [2.75, 3.05) is 0 Å². The lowest BCUT2D eigenvalue weighted by Gasteiger charge is -2.32. The first kappa shape index (κ1) is 16.9. The average molecular weight is 334 g/mol. The van der Waals surface area contributed by atoms with Gasteiger partial charge < -0.3 is 9.31 Å². The Morgan fingerprint density at radius 3 is 2.28 bits per heavy atom. The fourth-order valence-electron chi connectivity index (χ4n) is 4.10. The van der Waals surface area contributed by atoms with Crippen molar-refractivity contribution in [1.29, 1.82) is 0 Å². The quantitative estimate of drug-likeness (QED) is 0.781. The molecule has 1 heterocycles. The maximum atomic E-state index is 6.35. The molecule has 2 aliphatic rings. The van der Waals surface area contributed by atoms with Crippen molar-refractivity contribution in [3.63, 3.8) is 0 Å². The smallest absolute Gasteiger partial charge is 0.399 e. The first-order chi connectivity index (χ1) is 11.9. The van der Waals surface area contributed by atoms with Gasteiger partial charge in [0.1, 0.15) is 0 Å². The highest BCUT2D eigenvalue weighted by Crippen LogP contribution is 2.39. The summed E-state index contributed by atoms with van der Waals surface area (Å²) in [6.45, 7) is 8.49. The Morgan fingerprint density at radius 2 is 1.60 bits per heavy atom. The summed E-state index contributed by atoms with van der Waals surface area (Å²) in [6.07, 6.45) is 3.45. The van der Waals surface area contributed by atoms with E-state index in [-0.39, 0.29) is 18.3 Å². The van der Waals surface area contributed by atoms with Gasteiger partial charge in [0, 0.05) is 0 Å². The summed E-state index contributed by atoms with van der Waals surface area (Å²) in [6, 6.07) is 17.4. The van der Waals surface area contributed by atoms with Crippen molar-refractivity contribution < 1.29 is 9.31 Å². The monoisotopic (exact) mass is 334 g/mol. The van der Waals surface area contributed by atoms with Crippen molar-refractivity contribution in [2.24, 2.45) is 0 Å². The molecule has 1 aliphatic carbocycles. The molecule has 1 fully saturated rings. The summed E-state index contributed by atoms with van der Waals surface area (Å²) >= 11 is 0. The maximum Gasteiger partial charge on any atom is 0.495 e. The van der Waals surface area contributed by atoms with Crippen LogP contribution in [0.2, 0.25) is 0 Å². The number of fused-ring (bicyclic) bond motifs is 1. The molecule has 0 bridgehead atoms. The van der Waals surface area contributed by atoms with Crippen molar-refractivity contribution in [2.45, 2.75) is 64.1 Å². The number of benzene rings is 2. The molecule has 0 aromatic heterocycles. The van der Waals surface area contributed by atoms with Crippen LogP contribution in [0.3, 0.4) is 0 Å². The molecule has 25 heavy (non-hydrogen) atoms. The molecule has 1 aliphatic heterocycles. The van der Waals surface area contributed by atoms with E-state index in [2.05, 4.69) is 76.2 Å². The van der Waals surface area contributed by atoms with E-state index >= 15 is 0 Å². The van der Waals surface area contributed by atoms with Crippen molar-refractivity contribution in [1.82, 2.24) is 0 Å². The van der Waals surface area contributed by atoms with Crippen LogP contribution >= 0.6 is 0 Å². The summed E-state index contributed by atoms with van der Waals surface area (Å²) in [4.78, 5) is 0. The van der Waals surface area contributed by atoms with Gasteiger partial charge in [0.05, 0.1) is 11.2 Å². The molecule has 1 saturated heterocycles. The van der Waals surface area contributed by atoms with Gasteiger partial charge in [-0.25, -0.2) is 0 Å². The average Bonchev–Trinajstić information content (AvgIpc) is 3.07. The van der Waals surface area contributed by atoms with E-state index in [0.717, 1.165) is 12.8 Å². The minimum Gasteiger partial charge on any atom is -0.399 e. The summed E-state index contributed by atoms with van der Waals surface area (Å²) in [7, 11) is -0.267. The number of hydrogen-bond donors (Lipinski definition) is 0. The van der Waals surface area contributed by atoms with E-state index in [4.69, 9.17) is 9.31 Å². The highest BCUT2D eigenvalue weighted by Gasteiger charge is 2.52. The fraction of sp³-hybridized carbons (Fsp3) is 0.455. The molecule has 0 saturated carbocycles. The fourth-order valence-corrected chi connectivity index (χ4v) is 4.10. The molecule has 1 atom stereocenters. The molecule has 130 valence electrons. The second-order valence-electron chi connectivity index (χ2n) is 8.43. The molecule has 0 N–H and O–H groups in total. The molecule has 2 nitrogen and oxygen atoms in total. The van der Waals surface area contributed by atoms with Crippen LogP contribution in [0.5, 0.6) is 0 Å². The zero-order valence-electron chi connectivity index (χ0n) is 15.7. The van der Waals surface area contributed by atoms with E-state index in [1.807, 2.05) is 0 Å². The minimum atomic E-state index is -0.298. The van der Waals surface area contributed by atoms with Gasteiger partial charge in [-0.15, -0.1) is 0 Å². The normalized spacial score (nSPS) is 23.7. The second kappa shape index (κ2) is 6.00. The molecule has 2 aromatic carbocycles. The van der Waals surface area contributed by atoms with Gasteiger partial charge in [0.2, 0.25) is 0 Å². The highest BCUT2D eigenvalue weighted by atomic mass is 16.7. The van der Waals surface area contributed by atoms with Crippen molar-refractivity contribution in [3.05, 3.63) is 65.2 Å². The lowest BCUT2D eigenvalue weighted by Crippen LogP contribution is -2.41. The lowest BCUT2D eigenvalue weighted by atomic mass is 9.72. The third-order valence-electron chi connectivity index (χ3n) is 6.23. The van der Waals surface area contributed by atoms with Crippen LogP contribution in [0, 0.1) is 0 Å². The van der Waals surface area contributed by atoms with E-state index < -0.39 is 0 Å². The van der Waals surface area contributed by atoms with Gasteiger partial charge in [0.15, 0.2) is 0 Å². The standard InChI is InChI=1S/C22H27BO2/c1-21(2)22(3,4)25-23(24-21)19-12-8-11-17-13-14-18(20(17)19)15-16-9-6-5-7-10-16/h5-12,18H,13-15H2,1-4H3. The molecular weight excluding hydrogens is 307 g/mol. The zero-order valence-corrected chi connectivity index (χ0v) is 15.7. The van der Waals surface area contributed by atoms with Crippen LogP contribution in [0.25, 0.3) is 0 Å². The molecule has 0 spiro atoms. The summed E-state index contributed by atoms with van der Waals surface area (Å²) in [5, 5.41) is 0. The predicted molar refractivity (Wildman–Crippen MR) is 103 cm³/mol. The van der Waals surface area contributed by atoms with Gasteiger partial charge in [0.25, 0.3) is 0 Å². The summed E-state index contributed by atoms with van der Waals surface area (Å²) in [5.74, 6) is 0.549. The largest absolute Gasteiger partial charge is 0.495 e. The van der Waals surface area contributed by atoms with Gasteiger partial charge in [-0.1, -0.05) is 48.5 Å². The second-order valence-corrected chi connectivity index (χ2v) is 8.43. The predicted octanol–water partition coefficient (Wildman–Crippen LogP) is 4.26. The number of aryl methyl sites for hydroxylation is 1. The van der Waals surface area contributed by atoms with Crippen molar-refractivity contribution in [3.8, 4) is 0 Å². The topological polar surface area (TPSA) is 18.5 Å². The molecule has 1 unspecified atom stereocenters. The minimum absolute atomic E-state index is 0.267. The summed E-state index contributed by atoms with van der Waals surface area (Å²) in [5.41, 5.74) is 4.97. The van der Waals surface area contributed by atoms with E-state index in [9.17, 15) is 0 Å². The third-order valence-corrected chi connectivity index (χ3v) is 6.23.